The number of hydrogen-bond donors (Lipinski definition) is 0. The highest BCUT2D eigenvalue weighted by atomic mass is 19.1. The van der Waals surface area contributed by atoms with Gasteiger partial charge < -0.3 is 14.5 Å². The van der Waals surface area contributed by atoms with Gasteiger partial charge in [-0.15, -0.1) is 0 Å². The van der Waals surface area contributed by atoms with E-state index < -0.39 is 17.7 Å². The van der Waals surface area contributed by atoms with Gasteiger partial charge in [0.05, 0.1) is 30.2 Å². The van der Waals surface area contributed by atoms with Gasteiger partial charge in [0.1, 0.15) is 23.7 Å². The maximum absolute atomic E-state index is 14.1. The molecule has 1 aromatic carbocycles. The minimum atomic E-state index is -0.714. The summed E-state index contributed by atoms with van der Waals surface area (Å²) >= 11 is 0. The number of ether oxygens (including phenoxy) is 1. The van der Waals surface area contributed by atoms with Crippen LogP contribution in [0.2, 0.25) is 0 Å². The molecule has 4 heterocycles. The van der Waals surface area contributed by atoms with E-state index in [4.69, 9.17) is 14.7 Å². The van der Waals surface area contributed by atoms with Crippen molar-refractivity contribution in [3.63, 3.8) is 0 Å². The number of halogens is 2. The first-order valence-electron chi connectivity index (χ1n) is 12.3. The number of fused-ring (bicyclic) bond motifs is 1. The van der Waals surface area contributed by atoms with Gasteiger partial charge in [-0.3, -0.25) is 9.48 Å². The Balaban J connectivity index is 1.41. The molecular weight excluding hydrogens is 480 g/mol. The van der Waals surface area contributed by atoms with Gasteiger partial charge in [0.2, 0.25) is 5.91 Å². The summed E-state index contributed by atoms with van der Waals surface area (Å²) in [4.78, 5) is 25.8. The Kier molecular flexibility index (Phi) is 6.74. The smallest absolute Gasteiger partial charge is 0.219 e. The van der Waals surface area contributed by atoms with Crippen LogP contribution in [0, 0.1) is 23.0 Å². The molecule has 5 rings (SSSR count). The van der Waals surface area contributed by atoms with Gasteiger partial charge in [-0.05, 0) is 19.1 Å². The first-order chi connectivity index (χ1) is 17.8. The molecule has 2 aliphatic rings. The van der Waals surface area contributed by atoms with Crippen LogP contribution in [0.5, 0.6) is 5.75 Å². The second-order valence-corrected chi connectivity index (χ2v) is 9.37. The van der Waals surface area contributed by atoms with Gasteiger partial charge in [0.15, 0.2) is 17.4 Å². The topological polar surface area (TPSA) is 100 Å². The third-order valence-electron chi connectivity index (χ3n) is 6.82. The Labute approximate surface area is 213 Å². The highest BCUT2D eigenvalue weighted by Gasteiger charge is 2.29. The van der Waals surface area contributed by atoms with Gasteiger partial charge in [-0.25, -0.2) is 18.7 Å². The summed E-state index contributed by atoms with van der Waals surface area (Å²) in [5.41, 5.74) is 3.00. The second-order valence-electron chi connectivity index (χ2n) is 9.37. The summed E-state index contributed by atoms with van der Waals surface area (Å²) < 4.78 is 34.7. The van der Waals surface area contributed by atoms with Crippen molar-refractivity contribution in [3.8, 4) is 23.1 Å². The van der Waals surface area contributed by atoms with E-state index in [0.717, 1.165) is 23.0 Å². The van der Waals surface area contributed by atoms with Crippen LogP contribution < -0.4 is 9.64 Å². The number of benzene rings is 1. The van der Waals surface area contributed by atoms with E-state index in [0.29, 0.717) is 57.0 Å². The van der Waals surface area contributed by atoms with Crippen molar-refractivity contribution < 1.29 is 18.3 Å². The lowest BCUT2D eigenvalue weighted by Gasteiger charge is -2.35. The molecule has 0 saturated carbocycles. The SMILES string of the molecule is CC(=O)N1CCc2nc(N3CCC(Oc4ccc(F)cc4F)CC3)c(-c3cnn([C@H](C)C#N)c3)nc2C1. The van der Waals surface area contributed by atoms with E-state index in [1.54, 1.807) is 35.8 Å². The van der Waals surface area contributed by atoms with Crippen LogP contribution in [0.15, 0.2) is 30.6 Å². The minimum Gasteiger partial charge on any atom is -0.487 e. The van der Waals surface area contributed by atoms with Crippen LogP contribution in [-0.2, 0) is 17.8 Å². The first kappa shape index (κ1) is 24.6. The van der Waals surface area contributed by atoms with Gasteiger partial charge in [-0.2, -0.15) is 10.4 Å². The van der Waals surface area contributed by atoms with Crippen LogP contribution in [-0.4, -0.2) is 56.3 Å². The number of carbonyl (C=O) groups excluding carboxylic acids is 1. The number of piperidine rings is 1. The molecule has 0 radical (unpaired) electrons. The van der Waals surface area contributed by atoms with E-state index in [-0.39, 0.29) is 17.8 Å². The van der Waals surface area contributed by atoms with E-state index in [1.807, 2.05) is 0 Å². The van der Waals surface area contributed by atoms with Crippen LogP contribution in [0.1, 0.15) is 44.1 Å². The Morgan fingerprint density at radius 1 is 1.19 bits per heavy atom. The molecule has 9 nitrogen and oxygen atoms in total. The first-order valence-corrected chi connectivity index (χ1v) is 12.3. The molecule has 3 aromatic rings. The molecule has 192 valence electrons. The highest BCUT2D eigenvalue weighted by molar-refractivity contribution is 5.74. The molecule has 1 atom stereocenters. The number of rotatable bonds is 5. The third kappa shape index (κ3) is 5.09. The molecule has 0 bridgehead atoms. The predicted octanol–water partition coefficient (Wildman–Crippen LogP) is 3.66. The summed E-state index contributed by atoms with van der Waals surface area (Å²) in [6.07, 6.45) is 5.10. The Morgan fingerprint density at radius 2 is 1.97 bits per heavy atom. The standard InChI is InChI=1S/C26H27F2N7O2/c1-16(12-29)35-14-18(13-30-35)25-26(32-22-7-10-34(17(2)36)15-23(22)31-25)33-8-5-20(6-9-33)37-24-4-3-19(27)11-21(24)28/h3-4,11,13-14,16,20H,5-10,15H2,1-2H3/t16-/m1/s1. The molecule has 37 heavy (non-hydrogen) atoms. The number of aromatic nitrogens is 4. The highest BCUT2D eigenvalue weighted by Crippen LogP contribution is 2.33. The van der Waals surface area contributed by atoms with Crippen LogP contribution in [0.4, 0.5) is 14.6 Å². The van der Waals surface area contributed by atoms with Gasteiger partial charge in [0.25, 0.3) is 0 Å². The molecular formula is C26H27F2N7O2. The zero-order chi connectivity index (χ0) is 26.1. The lowest BCUT2D eigenvalue weighted by Crippen LogP contribution is -2.40. The van der Waals surface area contributed by atoms with E-state index >= 15 is 0 Å². The average Bonchev–Trinajstić information content (AvgIpc) is 3.39. The summed E-state index contributed by atoms with van der Waals surface area (Å²) in [5, 5.41) is 13.6. The zero-order valence-corrected chi connectivity index (χ0v) is 20.7. The van der Waals surface area contributed by atoms with Crippen molar-refractivity contribution >= 4 is 11.7 Å². The summed E-state index contributed by atoms with van der Waals surface area (Å²) in [7, 11) is 0. The van der Waals surface area contributed by atoms with Crippen LogP contribution in [0.3, 0.4) is 0 Å². The predicted molar refractivity (Wildman–Crippen MR) is 131 cm³/mol. The largest absolute Gasteiger partial charge is 0.487 e. The molecule has 1 fully saturated rings. The molecule has 1 saturated heterocycles. The fourth-order valence-electron chi connectivity index (χ4n) is 4.67. The molecule has 0 unspecified atom stereocenters. The summed E-state index contributed by atoms with van der Waals surface area (Å²) in [6.45, 7) is 5.51. The molecule has 0 spiro atoms. The Morgan fingerprint density at radius 3 is 2.68 bits per heavy atom. The Bertz CT molecular complexity index is 1360. The molecule has 0 N–H and O–H groups in total. The molecule has 0 aliphatic carbocycles. The number of carbonyl (C=O) groups is 1. The van der Waals surface area contributed by atoms with E-state index in [9.17, 15) is 18.8 Å². The van der Waals surface area contributed by atoms with Gasteiger partial charge >= 0.3 is 0 Å². The van der Waals surface area contributed by atoms with Crippen LogP contribution >= 0.6 is 0 Å². The average molecular weight is 508 g/mol. The van der Waals surface area contributed by atoms with Crippen molar-refractivity contribution in [3.05, 3.63) is 53.6 Å². The number of nitriles is 1. The quantitative estimate of drug-likeness (QED) is 0.520. The summed E-state index contributed by atoms with van der Waals surface area (Å²) in [6, 6.07) is 5.05. The van der Waals surface area contributed by atoms with Crippen molar-refractivity contribution in [2.75, 3.05) is 24.5 Å². The van der Waals surface area contributed by atoms with E-state index in [2.05, 4.69) is 16.1 Å². The molecule has 2 aliphatic heterocycles. The van der Waals surface area contributed by atoms with Crippen LogP contribution in [0.25, 0.3) is 11.3 Å². The van der Waals surface area contributed by atoms with Crippen molar-refractivity contribution in [1.82, 2.24) is 24.6 Å². The lowest BCUT2D eigenvalue weighted by atomic mass is 10.1. The fourth-order valence-corrected chi connectivity index (χ4v) is 4.67. The Hall–Kier alpha value is -4.07. The number of anilines is 1. The van der Waals surface area contributed by atoms with Crippen molar-refractivity contribution in [2.45, 2.75) is 51.8 Å². The van der Waals surface area contributed by atoms with Crippen molar-refractivity contribution in [1.29, 1.82) is 5.26 Å². The maximum atomic E-state index is 14.1. The fraction of sp³-hybridized carbons (Fsp3) is 0.423. The molecule has 11 heteroatoms. The van der Waals surface area contributed by atoms with Crippen molar-refractivity contribution in [2.24, 2.45) is 0 Å². The maximum Gasteiger partial charge on any atom is 0.219 e. The number of nitrogens with zero attached hydrogens (tertiary/aromatic N) is 7. The minimum absolute atomic E-state index is 0.00611. The molecule has 1 amide bonds. The lowest BCUT2D eigenvalue weighted by molar-refractivity contribution is -0.129. The monoisotopic (exact) mass is 507 g/mol. The normalized spacial score (nSPS) is 16.7. The zero-order valence-electron chi connectivity index (χ0n) is 20.7. The molecule has 2 aromatic heterocycles. The van der Waals surface area contributed by atoms with Gasteiger partial charge in [0, 0.05) is 63.6 Å². The second kappa shape index (κ2) is 10.1. The van der Waals surface area contributed by atoms with E-state index in [1.165, 1.54) is 12.1 Å². The van der Waals surface area contributed by atoms with Gasteiger partial charge in [-0.1, -0.05) is 0 Å². The summed E-state index contributed by atoms with van der Waals surface area (Å²) in [5.74, 6) is -0.604. The third-order valence-corrected chi connectivity index (χ3v) is 6.82. The number of amides is 1. The number of hydrogen-bond acceptors (Lipinski definition) is 7.